The number of quaternary nitrogens is 1. The Morgan fingerprint density at radius 1 is 1.25 bits per heavy atom. The zero-order chi connectivity index (χ0) is 19.3. The van der Waals surface area contributed by atoms with Crippen LogP contribution in [0.2, 0.25) is 0 Å². The van der Waals surface area contributed by atoms with E-state index in [2.05, 4.69) is 27.4 Å². The molecule has 0 unspecified atom stereocenters. The molecule has 2 fully saturated rings. The summed E-state index contributed by atoms with van der Waals surface area (Å²) >= 11 is 0. The Kier molecular flexibility index (Phi) is 5.81. The van der Waals surface area contributed by atoms with E-state index in [1.165, 1.54) is 23.4 Å². The Bertz CT molecular complexity index is 792. The van der Waals surface area contributed by atoms with E-state index in [4.69, 9.17) is 4.74 Å². The van der Waals surface area contributed by atoms with Crippen LogP contribution in [0.4, 0.5) is 11.5 Å². The fourth-order valence-electron chi connectivity index (χ4n) is 4.33. The van der Waals surface area contributed by atoms with Crippen molar-refractivity contribution in [3.05, 3.63) is 36.5 Å². The van der Waals surface area contributed by atoms with Gasteiger partial charge < -0.3 is 19.9 Å². The van der Waals surface area contributed by atoms with Crippen LogP contribution in [-0.2, 0) is 4.79 Å². The second-order valence-electron chi connectivity index (χ2n) is 7.76. The van der Waals surface area contributed by atoms with Gasteiger partial charge in [-0.2, -0.15) is 5.10 Å². The summed E-state index contributed by atoms with van der Waals surface area (Å²) in [6.45, 7) is 4.28. The van der Waals surface area contributed by atoms with E-state index < -0.39 is 0 Å². The lowest BCUT2D eigenvalue weighted by atomic mass is 10.2. The van der Waals surface area contributed by atoms with Crippen molar-refractivity contribution in [1.29, 1.82) is 0 Å². The first-order valence-corrected chi connectivity index (χ1v) is 10.3. The number of benzene rings is 1. The highest BCUT2D eigenvalue weighted by atomic mass is 16.5. The first-order valence-electron chi connectivity index (χ1n) is 10.3. The van der Waals surface area contributed by atoms with Crippen molar-refractivity contribution in [2.24, 2.45) is 0 Å². The van der Waals surface area contributed by atoms with Gasteiger partial charge in [0.2, 0.25) is 0 Å². The molecular formula is C21H30N5O2+. The van der Waals surface area contributed by atoms with E-state index in [0.717, 1.165) is 50.6 Å². The third-order valence-electron chi connectivity index (χ3n) is 5.91. The van der Waals surface area contributed by atoms with E-state index in [1.807, 2.05) is 22.9 Å². The van der Waals surface area contributed by atoms with Crippen LogP contribution in [0.15, 0.2) is 36.5 Å². The average molecular weight is 385 g/mol. The Balaban J connectivity index is 1.28. The van der Waals surface area contributed by atoms with Gasteiger partial charge in [0.05, 0.1) is 45.5 Å². The molecule has 2 aromatic rings. The number of rotatable bonds is 6. The first-order chi connectivity index (χ1) is 13.7. The summed E-state index contributed by atoms with van der Waals surface area (Å²) in [7, 11) is 1.69. The Labute approximate surface area is 166 Å². The molecule has 7 nitrogen and oxygen atoms in total. The predicted molar refractivity (Wildman–Crippen MR) is 109 cm³/mol. The number of ether oxygens (including phenoxy) is 1. The standard InChI is InChI=1S/C21H29N5O2/c1-28-19-8-4-7-18(15-19)25-13-11-24(12-14-25)16-21(27)23-20-9-10-22-26(20)17-5-2-3-6-17/h4,7-10,15,17H,2-3,5-6,11-14,16H2,1H3,(H,23,27)/p+1. The molecule has 1 amide bonds. The van der Waals surface area contributed by atoms with E-state index in [0.29, 0.717) is 12.6 Å². The van der Waals surface area contributed by atoms with Crippen LogP contribution in [0.25, 0.3) is 0 Å². The minimum atomic E-state index is 0.0737. The highest BCUT2D eigenvalue weighted by Gasteiger charge is 2.24. The van der Waals surface area contributed by atoms with Gasteiger partial charge in [0.15, 0.2) is 6.54 Å². The molecule has 2 aliphatic rings. The number of nitrogens with zero attached hydrogens (tertiary/aromatic N) is 3. The van der Waals surface area contributed by atoms with Crippen molar-refractivity contribution in [2.45, 2.75) is 31.7 Å². The fraction of sp³-hybridized carbons (Fsp3) is 0.524. The number of carbonyl (C=O) groups excluding carboxylic acids is 1. The summed E-state index contributed by atoms with van der Waals surface area (Å²) in [5.41, 5.74) is 1.18. The van der Waals surface area contributed by atoms with Gasteiger partial charge in [-0.25, -0.2) is 4.68 Å². The minimum absolute atomic E-state index is 0.0737. The van der Waals surface area contributed by atoms with Gasteiger partial charge in [-0.05, 0) is 25.0 Å². The third kappa shape index (κ3) is 4.30. The van der Waals surface area contributed by atoms with Crippen LogP contribution in [-0.4, -0.2) is 55.5 Å². The lowest BCUT2D eigenvalue weighted by molar-refractivity contribution is -0.892. The molecule has 0 bridgehead atoms. The number of nitrogens with one attached hydrogen (secondary N) is 2. The van der Waals surface area contributed by atoms with Gasteiger partial charge in [0, 0.05) is 17.8 Å². The minimum Gasteiger partial charge on any atom is -0.497 e. The molecular weight excluding hydrogens is 354 g/mol. The average Bonchev–Trinajstić information content (AvgIpc) is 3.40. The maximum absolute atomic E-state index is 12.6. The number of amides is 1. The van der Waals surface area contributed by atoms with E-state index >= 15 is 0 Å². The number of hydrogen-bond donors (Lipinski definition) is 2. The number of piperazine rings is 1. The van der Waals surface area contributed by atoms with Crippen molar-refractivity contribution >= 4 is 17.4 Å². The quantitative estimate of drug-likeness (QED) is 0.789. The summed E-state index contributed by atoms with van der Waals surface area (Å²) in [5.74, 6) is 1.79. The number of aromatic nitrogens is 2. The Hall–Kier alpha value is -2.54. The zero-order valence-electron chi connectivity index (χ0n) is 16.6. The van der Waals surface area contributed by atoms with E-state index in [1.54, 1.807) is 13.3 Å². The second kappa shape index (κ2) is 8.65. The monoisotopic (exact) mass is 384 g/mol. The molecule has 4 rings (SSSR count). The van der Waals surface area contributed by atoms with Gasteiger partial charge in [-0.15, -0.1) is 0 Å². The molecule has 1 aromatic carbocycles. The lowest BCUT2D eigenvalue weighted by Gasteiger charge is -2.33. The Morgan fingerprint density at radius 2 is 2.04 bits per heavy atom. The first kappa shape index (κ1) is 18.8. The van der Waals surface area contributed by atoms with Crippen LogP contribution in [0.5, 0.6) is 5.75 Å². The summed E-state index contributed by atoms with van der Waals surface area (Å²) in [4.78, 5) is 16.3. The third-order valence-corrected chi connectivity index (χ3v) is 5.91. The molecule has 0 radical (unpaired) electrons. The van der Waals surface area contributed by atoms with Gasteiger partial charge in [-0.1, -0.05) is 18.9 Å². The summed E-state index contributed by atoms with van der Waals surface area (Å²) < 4.78 is 7.32. The van der Waals surface area contributed by atoms with Crippen molar-refractivity contribution in [1.82, 2.24) is 9.78 Å². The van der Waals surface area contributed by atoms with Crippen molar-refractivity contribution in [2.75, 3.05) is 50.1 Å². The molecule has 150 valence electrons. The normalized spacial score (nSPS) is 18.4. The molecule has 1 aliphatic heterocycles. The maximum atomic E-state index is 12.6. The van der Waals surface area contributed by atoms with E-state index in [9.17, 15) is 4.79 Å². The van der Waals surface area contributed by atoms with Crippen LogP contribution in [0.1, 0.15) is 31.7 Å². The predicted octanol–water partition coefficient (Wildman–Crippen LogP) is 1.35. The number of carbonyl (C=O) groups is 1. The SMILES string of the molecule is COc1cccc(N2CC[NH+](CC(=O)Nc3ccnn3C3CCCC3)CC2)c1. The highest BCUT2D eigenvalue weighted by molar-refractivity contribution is 5.90. The molecule has 1 saturated heterocycles. The van der Waals surface area contributed by atoms with Crippen molar-refractivity contribution in [3.8, 4) is 5.75 Å². The van der Waals surface area contributed by atoms with Gasteiger partial charge in [0.1, 0.15) is 11.6 Å². The highest BCUT2D eigenvalue weighted by Crippen LogP contribution is 2.31. The van der Waals surface area contributed by atoms with Gasteiger partial charge in [0.25, 0.3) is 5.91 Å². The van der Waals surface area contributed by atoms with Crippen LogP contribution >= 0.6 is 0 Å². The lowest BCUT2D eigenvalue weighted by Crippen LogP contribution is -3.15. The van der Waals surface area contributed by atoms with Crippen LogP contribution in [0, 0.1) is 0 Å². The molecule has 1 aliphatic carbocycles. The zero-order valence-corrected chi connectivity index (χ0v) is 16.6. The summed E-state index contributed by atoms with van der Waals surface area (Å²) in [6.07, 6.45) is 6.59. The summed E-state index contributed by atoms with van der Waals surface area (Å²) in [5, 5.41) is 7.52. The molecule has 2 N–H and O–H groups in total. The van der Waals surface area contributed by atoms with E-state index in [-0.39, 0.29) is 5.91 Å². The molecule has 0 atom stereocenters. The number of methoxy groups -OCH3 is 1. The molecule has 7 heteroatoms. The number of hydrogen-bond acceptors (Lipinski definition) is 4. The van der Waals surface area contributed by atoms with Crippen LogP contribution in [0.3, 0.4) is 0 Å². The van der Waals surface area contributed by atoms with Crippen molar-refractivity contribution in [3.63, 3.8) is 0 Å². The van der Waals surface area contributed by atoms with Crippen LogP contribution < -0.4 is 19.9 Å². The molecule has 1 aromatic heterocycles. The smallest absolute Gasteiger partial charge is 0.280 e. The van der Waals surface area contributed by atoms with Gasteiger partial charge >= 0.3 is 0 Å². The van der Waals surface area contributed by atoms with Gasteiger partial charge in [-0.3, -0.25) is 4.79 Å². The molecule has 1 saturated carbocycles. The largest absolute Gasteiger partial charge is 0.497 e. The molecule has 0 spiro atoms. The van der Waals surface area contributed by atoms with Crippen molar-refractivity contribution < 1.29 is 14.4 Å². The molecule has 28 heavy (non-hydrogen) atoms. The fourth-order valence-corrected chi connectivity index (χ4v) is 4.33. The second-order valence-corrected chi connectivity index (χ2v) is 7.76. The maximum Gasteiger partial charge on any atom is 0.280 e. The topological polar surface area (TPSA) is 63.8 Å². The Morgan fingerprint density at radius 3 is 2.79 bits per heavy atom. The number of anilines is 2. The molecule has 2 heterocycles. The summed E-state index contributed by atoms with van der Waals surface area (Å²) in [6, 6.07) is 10.5.